The van der Waals surface area contributed by atoms with Crippen molar-refractivity contribution in [1.29, 1.82) is 0 Å². The summed E-state index contributed by atoms with van der Waals surface area (Å²) in [5.41, 5.74) is 1.15. The summed E-state index contributed by atoms with van der Waals surface area (Å²) in [6.07, 6.45) is 1.50. The molecule has 0 aliphatic heterocycles. The zero-order chi connectivity index (χ0) is 8.27. The molecule has 1 heterocycles. The molecule has 1 aromatic rings. The Labute approximate surface area is 71.0 Å². The standard InChI is InChI=1S/C9H12OS/c1-7(6-8(2)10)9-4-3-5-11-9/h3-6,8,10H,1-2H3/b7-6+. The van der Waals surface area contributed by atoms with E-state index in [1.54, 1.807) is 18.3 Å². The molecule has 1 atom stereocenters. The minimum atomic E-state index is -0.350. The Balaban J connectivity index is 2.77. The third-order valence-corrected chi connectivity index (χ3v) is 2.41. The average Bonchev–Trinajstić information content (AvgIpc) is 2.35. The van der Waals surface area contributed by atoms with Crippen molar-refractivity contribution >= 4 is 16.9 Å². The highest BCUT2D eigenvalue weighted by atomic mass is 32.1. The lowest BCUT2D eigenvalue weighted by Crippen LogP contribution is -1.93. The van der Waals surface area contributed by atoms with E-state index in [4.69, 9.17) is 5.11 Å². The van der Waals surface area contributed by atoms with Gasteiger partial charge in [0.15, 0.2) is 0 Å². The lowest BCUT2D eigenvalue weighted by molar-refractivity contribution is 0.244. The first-order valence-corrected chi connectivity index (χ1v) is 4.48. The summed E-state index contributed by atoms with van der Waals surface area (Å²) in [5.74, 6) is 0. The fourth-order valence-corrected chi connectivity index (χ4v) is 1.66. The van der Waals surface area contributed by atoms with Crippen LogP contribution < -0.4 is 0 Å². The summed E-state index contributed by atoms with van der Waals surface area (Å²) in [6.45, 7) is 3.77. The Kier molecular flexibility index (Phi) is 2.85. The van der Waals surface area contributed by atoms with Crippen LogP contribution in [0.5, 0.6) is 0 Å². The lowest BCUT2D eigenvalue weighted by atomic mass is 10.2. The van der Waals surface area contributed by atoms with E-state index in [1.165, 1.54) is 4.88 Å². The highest BCUT2D eigenvalue weighted by Gasteiger charge is 1.96. The largest absolute Gasteiger partial charge is 0.389 e. The Hall–Kier alpha value is -0.600. The van der Waals surface area contributed by atoms with E-state index in [9.17, 15) is 0 Å². The van der Waals surface area contributed by atoms with Crippen molar-refractivity contribution in [3.63, 3.8) is 0 Å². The molecule has 0 saturated heterocycles. The molecule has 1 aromatic heterocycles. The van der Waals surface area contributed by atoms with Crippen LogP contribution in [-0.2, 0) is 0 Å². The lowest BCUT2D eigenvalue weighted by Gasteiger charge is -1.98. The number of aliphatic hydroxyl groups is 1. The number of thiophene rings is 1. The summed E-state index contributed by atoms with van der Waals surface area (Å²) in [7, 11) is 0. The summed E-state index contributed by atoms with van der Waals surface area (Å²) in [6, 6.07) is 4.07. The van der Waals surface area contributed by atoms with Gasteiger partial charge >= 0.3 is 0 Å². The molecule has 0 amide bonds. The van der Waals surface area contributed by atoms with Crippen LogP contribution in [0.1, 0.15) is 18.7 Å². The molecule has 1 rings (SSSR count). The van der Waals surface area contributed by atoms with E-state index in [0.717, 1.165) is 5.57 Å². The maximum Gasteiger partial charge on any atom is 0.0698 e. The van der Waals surface area contributed by atoms with Gasteiger partial charge in [0.25, 0.3) is 0 Å². The van der Waals surface area contributed by atoms with Crippen LogP contribution in [0.25, 0.3) is 5.57 Å². The Morgan fingerprint density at radius 3 is 2.91 bits per heavy atom. The second-order valence-electron chi connectivity index (χ2n) is 2.57. The van der Waals surface area contributed by atoms with Gasteiger partial charge in [-0.3, -0.25) is 0 Å². The van der Waals surface area contributed by atoms with Crippen molar-refractivity contribution in [1.82, 2.24) is 0 Å². The van der Waals surface area contributed by atoms with Crippen molar-refractivity contribution in [2.24, 2.45) is 0 Å². The van der Waals surface area contributed by atoms with Gasteiger partial charge in [-0.05, 0) is 30.9 Å². The van der Waals surface area contributed by atoms with Crippen molar-refractivity contribution in [2.75, 3.05) is 0 Å². The van der Waals surface area contributed by atoms with Gasteiger partial charge in [-0.1, -0.05) is 12.1 Å². The summed E-state index contributed by atoms with van der Waals surface area (Å²) >= 11 is 1.69. The SMILES string of the molecule is C/C(=C\C(C)O)c1cccs1. The molecule has 1 unspecified atom stereocenters. The minimum Gasteiger partial charge on any atom is -0.389 e. The van der Waals surface area contributed by atoms with Crippen LogP contribution in [0.4, 0.5) is 0 Å². The molecule has 0 radical (unpaired) electrons. The molecule has 0 aliphatic rings. The number of rotatable bonds is 2. The first kappa shape index (κ1) is 8.50. The third kappa shape index (κ3) is 2.48. The van der Waals surface area contributed by atoms with Crippen molar-refractivity contribution in [3.8, 4) is 0 Å². The second-order valence-corrected chi connectivity index (χ2v) is 3.52. The van der Waals surface area contributed by atoms with E-state index in [-0.39, 0.29) is 6.10 Å². The molecule has 0 saturated carbocycles. The highest BCUT2D eigenvalue weighted by molar-refractivity contribution is 7.11. The van der Waals surface area contributed by atoms with Crippen LogP contribution in [0.2, 0.25) is 0 Å². The zero-order valence-corrected chi connectivity index (χ0v) is 7.56. The summed E-state index contributed by atoms with van der Waals surface area (Å²) in [5, 5.41) is 11.1. The fraction of sp³-hybridized carbons (Fsp3) is 0.333. The van der Waals surface area contributed by atoms with Gasteiger partial charge in [0.1, 0.15) is 0 Å². The molecule has 0 spiro atoms. The van der Waals surface area contributed by atoms with Crippen molar-refractivity contribution in [3.05, 3.63) is 28.5 Å². The van der Waals surface area contributed by atoms with Gasteiger partial charge in [0, 0.05) is 4.88 Å². The number of allylic oxidation sites excluding steroid dienone is 1. The third-order valence-electron chi connectivity index (χ3n) is 1.40. The van der Waals surface area contributed by atoms with Gasteiger partial charge in [0.2, 0.25) is 0 Å². The Bertz CT molecular complexity index is 234. The van der Waals surface area contributed by atoms with Crippen molar-refractivity contribution < 1.29 is 5.11 Å². The predicted octanol–water partition coefficient (Wildman–Crippen LogP) is 2.53. The molecule has 0 aromatic carbocycles. The number of hydrogen-bond donors (Lipinski definition) is 1. The van der Waals surface area contributed by atoms with Crippen LogP contribution in [0.15, 0.2) is 23.6 Å². The topological polar surface area (TPSA) is 20.2 Å². The highest BCUT2D eigenvalue weighted by Crippen LogP contribution is 2.19. The van der Waals surface area contributed by atoms with Crippen LogP contribution >= 0.6 is 11.3 Å². The molecular formula is C9H12OS. The van der Waals surface area contributed by atoms with Gasteiger partial charge < -0.3 is 5.11 Å². The van der Waals surface area contributed by atoms with E-state index in [2.05, 4.69) is 6.07 Å². The van der Waals surface area contributed by atoms with Gasteiger partial charge in [0.05, 0.1) is 6.10 Å². The van der Waals surface area contributed by atoms with Crippen molar-refractivity contribution in [2.45, 2.75) is 20.0 Å². The average molecular weight is 168 g/mol. The molecule has 0 fully saturated rings. The second kappa shape index (κ2) is 3.69. The van der Waals surface area contributed by atoms with Crippen LogP contribution in [0.3, 0.4) is 0 Å². The molecular weight excluding hydrogens is 156 g/mol. The normalized spacial score (nSPS) is 15.0. The smallest absolute Gasteiger partial charge is 0.0698 e. The maximum atomic E-state index is 9.05. The molecule has 0 aliphatic carbocycles. The summed E-state index contributed by atoms with van der Waals surface area (Å²) < 4.78 is 0. The van der Waals surface area contributed by atoms with Gasteiger partial charge in [-0.2, -0.15) is 0 Å². The number of hydrogen-bond acceptors (Lipinski definition) is 2. The molecule has 1 N–H and O–H groups in total. The monoisotopic (exact) mass is 168 g/mol. The van der Waals surface area contributed by atoms with E-state index in [1.807, 2.05) is 24.4 Å². The first-order chi connectivity index (χ1) is 5.20. The van der Waals surface area contributed by atoms with E-state index < -0.39 is 0 Å². The van der Waals surface area contributed by atoms with Crippen LogP contribution in [0, 0.1) is 0 Å². The molecule has 2 heteroatoms. The molecule has 1 nitrogen and oxygen atoms in total. The molecule has 11 heavy (non-hydrogen) atoms. The Morgan fingerprint density at radius 2 is 2.45 bits per heavy atom. The fourth-order valence-electron chi connectivity index (χ4n) is 0.947. The minimum absolute atomic E-state index is 0.350. The predicted molar refractivity (Wildman–Crippen MR) is 49.7 cm³/mol. The van der Waals surface area contributed by atoms with E-state index in [0.29, 0.717) is 0 Å². The van der Waals surface area contributed by atoms with Gasteiger partial charge in [-0.25, -0.2) is 0 Å². The maximum absolute atomic E-state index is 9.05. The summed E-state index contributed by atoms with van der Waals surface area (Å²) in [4.78, 5) is 1.23. The zero-order valence-electron chi connectivity index (χ0n) is 6.74. The van der Waals surface area contributed by atoms with Crippen LogP contribution in [-0.4, -0.2) is 11.2 Å². The van der Waals surface area contributed by atoms with Gasteiger partial charge in [-0.15, -0.1) is 11.3 Å². The first-order valence-electron chi connectivity index (χ1n) is 3.60. The molecule has 60 valence electrons. The Morgan fingerprint density at radius 1 is 1.73 bits per heavy atom. The quantitative estimate of drug-likeness (QED) is 0.719. The number of aliphatic hydroxyl groups excluding tert-OH is 1. The molecule has 0 bridgehead atoms. The van der Waals surface area contributed by atoms with E-state index >= 15 is 0 Å².